The summed E-state index contributed by atoms with van der Waals surface area (Å²) in [6.45, 7) is 13.1. The van der Waals surface area contributed by atoms with E-state index in [9.17, 15) is 14.4 Å². The van der Waals surface area contributed by atoms with Crippen molar-refractivity contribution in [2.75, 3.05) is 24.6 Å². The Morgan fingerprint density at radius 3 is 2.18 bits per heavy atom. The largest absolute Gasteiger partial charge is 0.462 e. The van der Waals surface area contributed by atoms with E-state index in [1.54, 1.807) is 43.3 Å². The molecular formula is C28H35NO5. The second-order valence-corrected chi connectivity index (χ2v) is 8.09. The maximum absolute atomic E-state index is 13.5. The van der Waals surface area contributed by atoms with Crippen molar-refractivity contribution in [3.8, 4) is 5.75 Å². The Labute approximate surface area is 202 Å². The van der Waals surface area contributed by atoms with Gasteiger partial charge in [-0.25, -0.2) is 9.59 Å². The molecule has 6 heteroatoms. The molecule has 0 aliphatic heterocycles. The van der Waals surface area contributed by atoms with Gasteiger partial charge in [-0.05, 0) is 45.4 Å². The summed E-state index contributed by atoms with van der Waals surface area (Å²) < 4.78 is 10.9. The minimum atomic E-state index is -0.620. The molecule has 182 valence electrons. The highest BCUT2D eigenvalue weighted by atomic mass is 16.5. The summed E-state index contributed by atoms with van der Waals surface area (Å²) in [6, 6.07) is 11.7. The van der Waals surface area contributed by atoms with Crippen LogP contribution in [0.5, 0.6) is 5.75 Å². The van der Waals surface area contributed by atoms with Crippen molar-refractivity contribution in [2.45, 2.75) is 53.4 Å². The molecule has 0 atom stereocenters. The van der Waals surface area contributed by atoms with Gasteiger partial charge in [0.15, 0.2) is 5.78 Å². The lowest BCUT2D eigenvalue weighted by Crippen LogP contribution is -2.22. The number of unbranched alkanes of at least 4 members (excludes halogenated alkanes) is 3. The summed E-state index contributed by atoms with van der Waals surface area (Å²) in [6.07, 6.45) is 3.95. The third-order valence-corrected chi connectivity index (χ3v) is 5.51. The van der Waals surface area contributed by atoms with E-state index < -0.39 is 17.7 Å². The molecule has 0 spiro atoms. The zero-order valence-electron chi connectivity index (χ0n) is 20.7. The first-order valence-electron chi connectivity index (χ1n) is 11.9. The van der Waals surface area contributed by atoms with Crippen LogP contribution in [0.3, 0.4) is 0 Å². The zero-order valence-corrected chi connectivity index (χ0v) is 20.7. The third-order valence-electron chi connectivity index (χ3n) is 5.51. The number of anilines is 1. The number of ether oxygens (including phenoxy) is 2. The van der Waals surface area contributed by atoms with E-state index in [4.69, 9.17) is 9.47 Å². The van der Waals surface area contributed by atoms with Gasteiger partial charge in [0.1, 0.15) is 5.75 Å². The van der Waals surface area contributed by atoms with E-state index in [0.717, 1.165) is 44.5 Å². The molecule has 0 radical (unpaired) electrons. The molecule has 0 amide bonds. The fraction of sp³-hybridized carbons (Fsp3) is 0.393. The molecular weight excluding hydrogens is 430 g/mol. The number of hydrogen-bond donors (Lipinski definition) is 0. The Hall–Kier alpha value is -3.41. The Balaban J connectivity index is 2.40. The fourth-order valence-corrected chi connectivity index (χ4v) is 3.53. The quantitative estimate of drug-likeness (QED) is 0.119. The Bertz CT molecular complexity index is 1020. The highest BCUT2D eigenvalue weighted by Gasteiger charge is 2.24. The van der Waals surface area contributed by atoms with Crippen molar-refractivity contribution < 1.29 is 23.9 Å². The molecule has 0 aliphatic rings. The smallest absolute Gasteiger partial charge is 0.338 e. The number of benzene rings is 2. The standard InChI is InChI=1S/C28H35NO5/c1-6-9-10-13-18-33-28(32)23-15-12-11-14-22(23)26(30)24-17-16-21(29(7-2)8-3)19-25(24)34-27(31)20(4)5/h11-12,14-17,19H,4,6-10,13,18H2,1-3,5H3. The molecule has 0 N–H and O–H groups in total. The van der Waals surface area contributed by atoms with Crippen LogP contribution in [0.2, 0.25) is 0 Å². The van der Waals surface area contributed by atoms with Crippen LogP contribution in [0.4, 0.5) is 5.69 Å². The van der Waals surface area contributed by atoms with Crippen molar-refractivity contribution in [3.05, 3.63) is 71.3 Å². The molecule has 2 aromatic rings. The minimum absolute atomic E-state index is 0.130. The molecule has 0 saturated heterocycles. The van der Waals surface area contributed by atoms with Gasteiger partial charge in [0.2, 0.25) is 0 Å². The predicted molar refractivity (Wildman–Crippen MR) is 135 cm³/mol. The summed E-state index contributed by atoms with van der Waals surface area (Å²) in [5.41, 5.74) is 1.62. The highest BCUT2D eigenvalue weighted by Crippen LogP contribution is 2.29. The Morgan fingerprint density at radius 2 is 1.56 bits per heavy atom. The monoisotopic (exact) mass is 465 g/mol. The SMILES string of the molecule is C=C(C)C(=O)Oc1cc(N(CC)CC)ccc1C(=O)c1ccccc1C(=O)OCCCCCC. The van der Waals surface area contributed by atoms with E-state index in [2.05, 4.69) is 18.4 Å². The average Bonchev–Trinajstić information content (AvgIpc) is 2.84. The first-order chi connectivity index (χ1) is 16.3. The van der Waals surface area contributed by atoms with Crippen LogP contribution in [0.15, 0.2) is 54.6 Å². The molecule has 6 nitrogen and oxygen atoms in total. The molecule has 2 aromatic carbocycles. The predicted octanol–water partition coefficient (Wildman–Crippen LogP) is 5.98. The van der Waals surface area contributed by atoms with Crippen LogP contribution < -0.4 is 9.64 Å². The van der Waals surface area contributed by atoms with Crippen LogP contribution in [0, 0.1) is 0 Å². The second kappa shape index (κ2) is 13.3. The number of ketones is 1. The molecule has 2 rings (SSSR count). The second-order valence-electron chi connectivity index (χ2n) is 8.09. The van der Waals surface area contributed by atoms with Gasteiger partial charge in [0.25, 0.3) is 0 Å². The summed E-state index contributed by atoms with van der Waals surface area (Å²) >= 11 is 0. The molecule has 0 aromatic heterocycles. The molecule has 0 bridgehead atoms. The van der Waals surface area contributed by atoms with Crippen molar-refractivity contribution in [2.24, 2.45) is 0 Å². The highest BCUT2D eigenvalue weighted by molar-refractivity contribution is 6.16. The van der Waals surface area contributed by atoms with Crippen LogP contribution >= 0.6 is 0 Å². The van der Waals surface area contributed by atoms with Crippen molar-refractivity contribution in [1.82, 2.24) is 0 Å². The van der Waals surface area contributed by atoms with Gasteiger partial charge >= 0.3 is 11.9 Å². The van der Waals surface area contributed by atoms with Gasteiger partial charge in [-0.3, -0.25) is 4.79 Å². The van der Waals surface area contributed by atoms with E-state index in [1.807, 2.05) is 19.9 Å². The molecule has 0 fully saturated rings. The minimum Gasteiger partial charge on any atom is -0.462 e. The maximum Gasteiger partial charge on any atom is 0.338 e. The van der Waals surface area contributed by atoms with Gasteiger partial charge in [-0.15, -0.1) is 0 Å². The van der Waals surface area contributed by atoms with E-state index in [-0.39, 0.29) is 28.0 Å². The zero-order chi connectivity index (χ0) is 25.1. The normalized spacial score (nSPS) is 10.5. The van der Waals surface area contributed by atoms with Crippen LogP contribution in [-0.2, 0) is 9.53 Å². The van der Waals surface area contributed by atoms with Gasteiger partial charge < -0.3 is 14.4 Å². The van der Waals surface area contributed by atoms with E-state index in [1.165, 1.54) is 0 Å². The molecule has 0 aliphatic carbocycles. The fourth-order valence-electron chi connectivity index (χ4n) is 3.53. The van der Waals surface area contributed by atoms with Crippen molar-refractivity contribution in [1.29, 1.82) is 0 Å². The van der Waals surface area contributed by atoms with Gasteiger partial charge in [-0.2, -0.15) is 0 Å². The number of rotatable bonds is 13. The van der Waals surface area contributed by atoms with Crippen molar-refractivity contribution >= 4 is 23.4 Å². The Kier molecular flexibility index (Phi) is 10.5. The Morgan fingerprint density at radius 1 is 0.882 bits per heavy atom. The average molecular weight is 466 g/mol. The van der Waals surface area contributed by atoms with Gasteiger partial charge in [-0.1, -0.05) is 51.0 Å². The van der Waals surface area contributed by atoms with Gasteiger partial charge in [0, 0.05) is 36.0 Å². The lowest BCUT2D eigenvalue weighted by molar-refractivity contribution is -0.130. The third kappa shape index (κ3) is 7.04. The summed E-state index contributed by atoms with van der Waals surface area (Å²) in [5, 5.41) is 0. The first-order valence-corrected chi connectivity index (χ1v) is 11.9. The topological polar surface area (TPSA) is 72.9 Å². The van der Waals surface area contributed by atoms with E-state index >= 15 is 0 Å². The number of esters is 2. The number of carbonyl (C=O) groups excluding carboxylic acids is 3. The summed E-state index contributed by atoms with van der Waals surface area (Å²) in [4.78, 5) is 40.6. The van der Waals surface area contributed by atoms with E-state index in [0.29, 0.717) is 6.61 Å². The maximum atomic E-state index is 13.5. The van der Waals surface area contributed by atoms with Crippen molar-refractivity contribution in [3.63, 3.8) is 0 Å². The molecule has 0 saturated carbocycles. The molecule has 0 unspecified atom stereocenters. The van der Waals surface area contributed by atoms with Crippen LogP contribution in [0.1, 0.15) is 79.7 Å². The molecule has 34 heavy (non-hydrogen) atoms. The van der Waals surface area contributed by atoms with Crippen LogP contribution in [0.25, 0.3) is 0 Å². The lowest BCUT2D eigenvalue weighted by atomic mass is 9.97. The molecule has 0 heterocycles. The summed E-state index contributed by atoms with van der Waals surface area (Å²) in [7, 11) is 0. The summed E-state index contributed by atoms with van der Waals surface area (Å²) in [5.74, 6) is -1.45. The number of nitrogens with zero attached hydrogens (tertiary/aromatic N) is 1. The number of carbonyl (C=O) groups is 3. The first kappa shape index (κ1) is 26.8. The van der Waals surface area contributed by atoms with Crippen LogP contribution in [-0.4, -0.2) is 37.4 Å². The lowest BCUT2D eigenvalue weighted by Gasteiger charge is -2.22. The van der Waals surface area contributed by atoms with Gasteiger partial charge in [0.05, 0.1) is 17.7 Å². The number of hydrogen-bond acceptors (Lipinski definition) is 6.